The Morgan fingerprint density at radius 3 is 2.74 bits per heavy atom. The van der Waals surface area contributed by atoms with Crippen LogP contribution in [0.1, 0.15) is 35.4 Å². The Hall–Kier alpha value is -0.880. The quantitative estimate of drug-likeness (QED) is 0.788. The number of aliphatic hydroxyl groups excluding tert-OH is 2. The Morgan fingerprint density at radius 2 is 2.16 bits per heavy atom. The minimum atomic E-state index is -1.25. The molecule has 0 saturated carbocycles. The molecule has 4 nitrogen and oxygen atoms in total. The zero-order valence-corrected chi connectivity index (χ0v) is 11.9. The minimum Gasteiger partial charge on any atom is -0.390 e. The summed E-state index contributed by atoms with van der Waals surface area (Å²) >= 11 is 7.02. The fourth-order valence-electron chi connectivity index (χ4n) is 1.64. The number of halogens is 1. The standard InChI is InChI=1S/C13H15ClO4S/c1-8(16)19-6-5-11(17)13(18)12-9(7-15)3-2-4-10(12)14/h2-4,7,11,13,17-18H,5-6H2,1H3. The topological polar surface area (TPSA) is 74.6 Å². The number of hydrogen-bond acceptors (Lipinski definition) is 5. The second kappa shape index (κ2) is 7.65. The van der Waals surface area contributed by atoms with E-state index in [-0.39, 0.29) is 27.7 Å². The van der Waals surface area contributed by atoms with Crippen LogP contribution in [0.4, 0.5) is 0 Å². The largest absolute Gasteiger partial charge is 0.390 e. The third-order valence-electron chi connectivity index (χ3n) is 2.59. The summed E-state index contributed by atoms with van der Waals surface area (Å²) in [5.74, 6) is 0.397. The van der Waals surface area contributed by atoms with Crippen LogP contribution < -0.4 is 0 Å². The highest BCUT2D eigenvalue weighted by atomic mass is 35.5. The highest BCUT2D eigenvalue weighted by Crippen LogP contribution is 2.29. The van der Waals surface area contributed by atoms with Gasteiger partial charge in [-0.15, -0.1) is 0 Å². The van der Waals surface area contributed by atoms with Gasteiger partial charge >= 0.3 is 0 Å². The molecule has 2 atom stereocenters. The van der Waals surface area contributed by atoms with Gasteiger partial charge in [0.2, 0.25) is 0 Å². The van der Waals surface area contributed by atoms with Crippen LogP contribution in [0.5, 0.6) is 0 Å². The Labute approximate surface area is 120 Å². The van der Waals surface area contributed by atoms with Crippen LogP contribution in [-0.4, -0.2) is 33.5 Å². The second-order valence-corrected chi connectivity index (χ2v) is 5.68. The number of carbonyl (C=O) groups is 2. The first kappa shape index (κ1) is 16.2. The molecule has 2 N–H and O–H groups in total. The van der Waals surface area contributed by atoms with Gasteiger partial charge in [-0.3, -0.25) is 9.59 Å². The number of thioether (sulfide) groups is 1. The molecular formula is C13H15ClO4S. The van der Waals surface area contributed by atoms with Crippen LogP contribution in [0.2, 0.25) is 5.02 Å². The van der Waals surface area contributed by atoms with E-state index in [1.807, 2.05) is 0 Å². The molecule has 104 valence electrons. The first-order chi connectivity index (χ1) is 8.97. The van der Waals surface area contributed by atoms with Crippen molar-refractivity contribution in [3.8, 4) is 0 Å². The lowest BCUT2D eigenvalue weighted by Gasteiger charge is -2.20. The molecule has 0 bridgehead atoms. The molecule has 0 aliphatic carbocycles. The molecule has 19 heavy (non-hydrogen) atoms. The highest BCUT2D eigenvalue weighted by Gasteiger charge is 2.23. The molecule has 6 heteroatoms. The fourth-order valence-corrected chi connectivity index (χ4v) is 2.58. The Balaban J connectivity index is 2.79. The van der Waals surface area contributed by atoms with Gasteiger partial charge in [0, 0.05) is 28.8 Å². The van der Waals surface area contributed by atoms with E-state index in [1.54, 1.807) is 12.1 Å². The Morgan fingerprint density at radius 1 is 1.47 bits per heavy atom. The molecule has 0 spiro atoms. The Bertz CT molecular complexity index is 464. The van der Waals surface area contributed by atoms with Crippen molar-refractivity contribution in [1.82, 2.24) is 0 Å². The lowest BCUT2D eigenvalue weighted by atomic mass is 9.98. The number of aldehydes is 1. The number of hydrogen-bond donors (Lipinski definition) is 2. The molecule has 0 fully saturated rings. The van der Waals surface area contributed by atoms with E-state index in [1.165, 1.54) is 13.0 Å². The maximum Gasteiger partial charge on any atom is 0.185 e. The average molecular weight is 303 g/mol. The van der Waals surface area contributed by atoms with Gasteiger partial charge in [-0.2, -0.15) is 0 Å². The van der Waals surface area contributed by atoms with Crippen molar-refractivity contribution >= 4 is 34.8 Å². The first-order valence-corrected chi connectivity index (χ1v) is 7.06. The van der Waals surface area contributed by atoms with Crippen molar-refractivity contribution in [3.63, 3.8) is 0 Å². The SMILES string of the molecule is CC(=O)SCCC(O)C(O)c1c(Cl)cccc1C=O. The van der Waals surface area contributed by atoms with Gasteiger partial charge in [0.05, 0.1) is 6.10 Å². The van der Waals surface area contributed by atoms with Crippen molar-refractivity contribution in [2.75, 3.05) is 5.75 Å². The lowest BCUT2D eigenvalue weighted by molar-refractivity contribution is -0.109. The summed E-state index contributed by atoms with van der Waals surface area (Å²) in [6.45, 7) is 1.44. The third-order valence-corrected chi connectivity index (χ3v) is 3.77. The van der Waals surface area contributed by atoms with Crippen molar-refractivity contribution in [3.05, 3.63) is 34.3 Å². The summed E-state index contributed by atoms with van der Waals surface area (Å²) in [5, 5.41) is 20.1. The smallest absolute Gasteiger partial charge is 0.185 e. The van der Waals surface area contributed by atoms with E-state index in [9.17, 15) is 19.8 Å². The summed E-state index contributed by atoms with van der Waals surface area (Å²) in [7, 11) is 0. The second-order valence-electron chi connectivity index (χ2n) is 4.00. The average Bonchev–Trinajstić information content (AvgIpc) is 2.37. The molecule has 0 amide bonds. The fraction of sp³-hybridized carbons (Fsp3) is 0.385. The summed E-state index contributed by atoms with van der Waals surface area (Å²) in [6.07, 6.45) is -1.51. The number of carbonyl (C=O) groups excluding carboxylic acids is 2. The van der Waals surface area contributed by atoms with Crippen LogP contribution >= 0.6 is 23.4 Å². The minimum absolute atomic E-state index is 0.0481. The zero-order chi connectivity index (χ0) is 14.4. The van der Waals surface area contributed by atoms with Gasteiger partial charge in [0.1, 0.15) is 12.4 Å². The van der Waals surface area contributed by atoms with Crippen molar-refractivity contribution in [2.24, 2.45) is 0 Å². The maximum absolute atomic E-state index is 10.9. The van der Waals surface area contributed by atoms with Gasteiger partial charge in [-0.05, 0) is 12.5 Å². The van der Waals surface area contributed by atoms with Crippen LogP contribution in [0.3, 0.4) is 0 Å². The molecule has 0 radical (unpaired) electrons. The molecule has 0 aliphatic rings. The monoisotopic (exact) mass is 302 g/mol. The molecule has 1 aromatic rings. The van der Waals surface area contributed by atoms with Crippen LogP contribution in [0.15, 0.2) is 18.2 Å². The first-order valence-electron chi connectivity index (χ1n) is 5.70. The molecule has 0 heterocycles. The molecule has 2 unspecified atom stereocenters. The molecule has 0 aliphatic heterocycles. The van der Waals surface area contributed by atoms with E-state index in [2.05, 4.69) is 0 Å². The molecule has 1 rings (SSSR count). The van der Waals surface area contributed by atoms with Crippen LogP contribution in [0.25, 0.3) is 0 Å². The zero-order valence-electron chi connectivity index (χ0n) is 10.4. The number of aliphatic hydroxyl groups is 2. The number of rotatable bonds is 6. The van der Waals surface area contributed by atoms with Gasteiger partial charge < -0.3 is 10.2 Å². The summed E-state index contributed by atoms with van der Waals surface area (Å²) in [5.41, 5.74) is 0.470. The molecular weight excluding hydrogens is 288 g/mol. The van der Waals surface area contributed by atoms with E-state index in [0.717, 1.165) is 11.8 Å². The van der Waals surface area contributed by atoms with E-state index in [4.69, 9.17) is 11.6 Å². The van der Waals surface area contributed by atoms with Crippen molar-refractivity contribution in [1.29, 1.82) is 0 Å². The maximum atomic E-state index is 10.9. The van der Waals surface area contributed by atoms with E-state index < -0.39 is 12.2 Å². The summed E-state index contributed by atoms with van der Waals surface area (Å²) in [6, 6.07) is 4.67. The molecule has 0 aromatic heterocycles. The van der Waals surface area contributed by atoms with Crippen LogP contribution in [0, 0.1) is 0 Å². The summed E-state index contributed by atoms with van der Waals surface area (Å²) < 4.78 is 0. The molecule has 0 saturated heterocycles. The van der Waals surface area contributed by atoms with Crippen molar-refractivity contribution < 1.29 is 19.8 Å². The summed E-state index contributed by atoms with van der Waals surface area (Å²) in [4.78, 5) is 21.7. The van der Waals surface area contributed by atoms with Gasteiger partial charge in [-0.1, -0.05) is 35.5 Å². The molecule has 1 aromatic carbocycles. The van der Waals surface area contributed by atoms with Gasteiger partial charge in [0.15, 0.2) is 5.12 Å². The highest BCUT2D eigenvalue weighted by molar-refractivity contribution is 8.13. The normalized spacial score (nSPS) is 13.9. The van der Waals surface area contributed by atoms with Gasteiger partial charge in [0.25, 0.3) is 0 Å². The van der Waals surface area contributed by atoms with Crippen molar-refractivity contribution in [2.45, 2.75) is 25.6 Å². The third kappa shape index (κ3) is 4.62. The van der Waals surface area contributed by atoms with E-state index >= 15 is 0 Å². The van der Waals surface area contributed by atoms with Gasteiger partial charge in [-0.25, -0.2) is 0 Å². The predicted molar refractivity (Wildman–Crippen MR) is 75.6 cm³/mol. The predicted octanol–water partition coefficient (Wildman–Crippen LogP) is 2.22. The Kier molecular flexibility index (Phi) is 6.51. The van der Waals surface area contributed by atoms with Crippen LogP contribution in [-0.2, 0) is 4.79 Å². The number of benzene rings is 1. The lowest BCUT2D eigenvalue weighted by Crippen LogP contribution is -2.20. The van der Waals surface area contributed by atoms with E-state index in [0.29, 0.717) is 12.0 Å².